The molecular weight excluding hydrogens is 366 g/mol. The van der Waals surface area contributed by atoms with Gasteiger partial charge in [0.25, 0.3) is 0 Å². The van der Waals surface area contributed by atoms with E-state index in [2.05, 4.69) is 10.5 Å². The second kappa shape index (κ2) is 7.32. The summed E-state index contributed by atoms with van der Waals surface area (Å²) in [6.07, 6.45) is 1.84. The van der Waals surface area contributed by atoms with E-state index in [1.54, 1.807) is 31.0 Å². The lowest BCUT2D eigenvalue weighted by Gasteiger charge is -2.21. The van der Waals surface area contributed by atoms with E-state index in [1.165, 1.54) is 4.90 Å². The highest BCUT2D eigenvalue weighted by molar-refractivity contribution is 7.99. The summed E-state index contributed by atoms with van der Waals surface area (Å²) in [5.74, 6) is 1.19. The Morgan fingerprint density at radius 2 is 2.19 bits per heavy atom. The van der Waals surface area contributed by atoms with Gasteiger partial charge in [0.05, 0.1) is 17.2 Å². The van der Waals surface area contributed by atoms with E-state index < -0.39 is 0 Å². The van der Waals surface area contributed by atoms with Crippen molar-refractivity contribution < 1.29 is 18.5 Å². The van der Waals surface area contributed by atoms with Gasteiger partial charge >= 0.3 is 0 Å². The van der Waals surface area contributed by atoms with Crippen molar-refractivity contribution in [2.45, 2.75) is 23.5 Å². The van der Waals surface area contributed by atoms with Crippen molar-refractivity contribution in [2.24, 2.45) is 0 Å². The summed E-state index contributed by atoms with van der Waals surface area (Å²) >= 11 is 1.56. The zero-order chi connectivity index (χ0) is 18.8. The summed E-state index contributed by atoms with van der Waals surface area (Å²) in [6.45, 7) is 1.64. The van der Waals surface area contributed by atoms with Crippen molar-refractivity contribution >= 4 is 35.1 Å². The van der Waals surface area contributed by atoms with E-state index in [-0.39, 0.29) is 30.0 Å². The molecule has 2 amide bonds. The Bertz CT molecular complexity index is 967. The van der Waals surface area contributed by atoms with Crippen LogP contribution in [0.4, 0.5) is 11.5 Å². The molecular formula is C19H17N3O4S. The molecule has 1 aromatic carbocycles. The maximum Gasteiger partial charge on any atom is 0.245 e. The zero-order valence-electron chi connectivity index (χ0n) is 14.5. The number of hydrogen-bond donors (Lipinski definition) is 1. The molecule has 1 aliphatic rings. The maximum atomic E-state index is 12.9. The maximum absolute atomic E-state index is 12.9. The van der Waals surface area contributed by atoms with Gasteiger partial charge in [-0.2, -0.15) is 0 Å². The van der Waals surface area contributed by atoms with Crippen LogP contribution in [0, 0.1) is 6.92 Å². The van der Waals surface area contributed by atoms with Gasteiger partial charge in [0, 0.05) is 17.4 Å². The smallest absolute Gasteiger partial charge is 0.245 e. The van der Waals surface area contributed by atoms with E-state index in [9.17, 15) is 9.59 Å². The standard InChI is InChI=1S/C19H17N3O4S/c1-12-9-17(21-26-12)20-18(23)11-22-13-5-2-3-7-15(13)27-16(10-19(22)24)14-6-4-8-25-14/h2-9,16H,10-11H2,1H3,(H,20,21,23)/t16-/m0/s1. The molecule has 1 N–H and O–H groups in total. The number of fused-ring (bicyclic) bond motifs is 1. The Kier molecular flexibility index (Phi) is 4.72. The quantitative estimate of drug-likeness (QED) is 0.737. The predicted octanol–water partition coefficient (Wildman–Crippen LogP) is 3.78. The largest absolute Gasteiger partial charge is 0.468 e. The highest BCUT2D eigenvalue weighted by Gasteiger charge is 2.31. The summed E-state index contributed by atoms with van der Waals surface area (Å²) in [5.41, 5.74) is 0.716. The topological polar surface area (TPSA) is 88.6 Å². The summed E-state index contributed by atoms with van der Waals surface area (Å²) in [5, 5.41) is 6.27. The molecule has 3 heterocycles. The number of thioether (sulfide) groups is 1. The molecule has 1 aliphatic heterocycles. The van der Waals surface area contributed by atoms with Crippen molar-refractivity contribution in [1.82, 2.24) is 5.16 Å². The molecule has 2 aromatic heterocycles. The lowest BCUT2D eigenvalue weighted by Crippen LogP contribution is -2.38. The number of rotatable bonds is 4. The molecule has 0 radical (unpaired) electrons. The van der Waals surface area contributed by atoms with E-state index >= 15 is 0 Å². The van der Waals surface area contributed by atoms with E-state index in [0.29, 0.717) is 17.3 Å². The van der Waals surface area contributed by atoms with Gasteiger partial charge in [-0.1, -0.05) is 17.3 Å². The molecule has 27 heavy (non-hydrogen) atoms. The van der Waals surface area contributed by atoms with E-state index in [0.717, 1.165) is 10.7 Å². The molecule has 0 unspecified atom stereocenters. The van der Waals surface area contributed by atoms with Crippen LogP contribution < -0.4 is 10.2 Å². The van der Waals surface area contributed by atoms with Gasteiger partial charge in [-0.15, -0.1) is 11.8 Å². The minimum atomic E-state index is -0.340. The monoisotopic (exact) mass is 383 g/mol. The number of para-hydroxylation sites is 1. The minimum absolute atomic E-state index is 0.104. The number of aromatic nitrogens is 1. The van der Waals surface area contributed by atoms with Gasteiger partial charge in [0.15, 0.2) is 5.82 Å². The SMILES string of the molecule is Cc1cc(NC(=O)CN2C(=O)C[C@@H](c3ccco3)Sc3ccccc32)no1. The average molecular weight is 383 g/mol. The van der Waals surface area contributed by atoms with Crippen molar-refractivity contribution in [3.05, 3.63) is 60.2 Å². The highest BCUT2D eigenvalue weighted by Crippen LogP contribution is 2.45. The van der Waals surface area contributed by atoms with Crippen molar-refractivity contribution in [2.75, 3.05) is 16.8 Å². The number of carbonyl (C=O) groups is 2. The molecule has 0 saturated carbocycles. The number of anilines is 2. The number of furan rings is 1. The molecule has 1 atom stereocenters. The summed E-state index contributed by atoms with van der Waals surface area (Å²) in [4.78, 5) is 27.8. The first-order valence-electron chi connectivity index (χ1n) is 8.43. The second-order valence-corrected chi connectivity index (χ2v) is 7.39. The third-order valence-corrected chi connectivity index (χ3v) is 5.43. The van der Waals surface area contributed by atoms with Crippen molar-refractivity contribution in [1.29, 1.82) is 0 Å². The Morgan fingerprint density at radius 1 is 1.33 bits per heavy atom. The predicted molar refractivity (Wildman–Crippen MR) is 101 cm³/mol. The van der Waals surface area contributed by atoms with Crippen LogP contribution in [0.5, 0.6) is 0 Å². The van der Waals surface area contributed by atoms with Crippen LogP contribution in [0.3, 0.4) is 0 Å². The fourth-order valence-corrected chi connectivity index (χ4v) is 4.17. The first-order chi connectivity index (χ1) is 13.1. The summed E-state index contributed by atoms with van der Waals surface area (Å²) in [7, 11) is 0. The number of carbonyl (C=O) groups excluding carboxylic acids is 2. The van der Waals surface area contributed by atoms with Gasteiger partial charge in [0.2, 0.25) is 11.8 Å². The van der Waals surface area contributed by atoms with Gasteiger partial charge in [0.1, 0.15) is 18.1 Å². The van der Waals surface area contributed by atoms with Crippen LogP contribution in [0.1, 0.15) is 23.2 Å². The second-order valence-electron chi connectivity index (χ2n) is 6.14. The van der Waals surface area contributed by atoms with Crippen molar-refractivity contribution in [3.8, 4) is 0 Å². The van der Waals surface area contributed by atoms with Gasteiger partial charge in [-0.3, -0.25) is 9.59 Å². The van der Waals surface area contributed by atoms with Crippen LogP contribution >= 0.6 is 11.8 Å². The molecule has 0 saturated heterocycles. The van der Waals surface area contributed by atoms with Crippen LogP contribution in [0.15, 0.2) is 62.6 Å². The van der Waals surface area contributed by atoms with E-state index in [1.807, 2.05) is 36.4 Å². The number of amides is 2. The number of benzene rings is 1. The number of hydrogen-bond acceptors (Lipinski definition) is 6. The molecule has 0 spiro atoms. The summed E-state index contributed by atoms with van der Waals surface area (Å²) < 4.78 is 10.4. The van der Waals surface area contributed by atoms with Gasteiger partial charge < -0.3 is 19.2 Å². The Morgan fingerprint density at radius 3 is 2.93 bits per heavy atom. The highest BCUT2D eigenvalue weighted by atomic mass is 32.2. The third kappa shape index (κ3) is 3.75. The average Bonchev–Trinajstić information content (AvgIpc) is 3.29. The normalized spacial score (nSPS) is 16.7. The van der Waals surface area contributed by atoms with Crippen LogP contribution in [-0.2, 0) is 9.59 Å². The molecule has 3 aromatic rings. The molecule has 0 fully saturated rings. The van der Waals surface area contributed by atoms with Crippen LogP contribution in [-0.4, -0.2) is 23.5 Å². The van der Waals surface area contributed by atoms with Crippen LogP contribution in [0.25, 0.3) is 0 Å². The zero-order valence-corrected chi connectivity index (χ0v) is 15.4. The first-order valence-corrected chi connectivity index (χ1v) is 9.31. The van der Waals surface area contributed by atoms with Crippen LogP contribution in [0.2, 0.25) is 0 Å². The minimum Gasteiger partial charge on any atom is -0.468 e. The fourth-order valence-electron chi connectivity index (χ4n) is 2.94. The number of nitrogens with one attached hydrogen (secondary N) is 1. The van der Waals surface area contributed by atoms with E-state index in [4.69, 9.17) is 8.94 Å². The molecule has 0 aliphatic carbocycles. The Hall–Kier alpha value is -3.00. The first kappa shape index (κ1) is 17.4. The lowest BCUT2D eigenvalue weighted by molar-refractivity contribution is -0.121. The lowest BCUT2D eigenvalue weighted by atomic mass is 10.2. The summed E-state index contributed by atoms with van der Waals surface area (Å²) in [6, 6.07) is 12.9. The fraction of sp³-hybridized carbons (Fsp3) is 0.211. The Balaban J connectivity index is 1.58. The molecule has 4 rings (SSSR count). The molecule has 138 valence electrons. The van der Waals surface area contributed by atoms with Gasteiger partial charge in [-0.25, -0.2) is 0 Å². The van der Waals surface area contributed by atoms with Gasteiger partial charge in [-0.05, 0) is 31.2 Å². The van der Waals surface area contributed by atoms with Crippen molar-refractivity contribution in [3.63, 3.8) is 0 Å². The molecule has 0 bridgehead atoms. The third-order valence-electron chi connectivity index (χ3n) is 4.14. The number of nitrogens with zero attached hydrogens (tertiary/aromatic N) is 2. The number of aryl methyl sites for hydroxylation is 1. The Labute approximate surface area is 159 Å². The molecule has 8 heteroatoms. The molecule has 7 nitrogen and oxygen atoms in total.